The Labute approximate surface area is 206 Å². The predicted octanol–water partition coefficient (Wildman–Crippen LogP) is 3.69. The number of ether oxygens (including phenoxy) is 1. The Morgan fingerprint density at radius 2 is 1.94 bits per heavy atom. The third-order valence-electron chi connectivity index (χ3n) is 6.43. The normalized spacial score (nSPS) is 19.0. The first-order valence-electron chi connectivity index (χ1n) is 11.4. The van der Waals surface area contributed by atoms with Gasteiger partial charge in [-0.25, -0.2) is 4.79 Å². The second-order valence-electron chi connectivity index (χ2n) is 8.57. The highest BCUT2D eigenvalue weighted by Gasteiger charge is 2.39. The van der Waals surface area contributed by atoms with Crippen molar-refractivity contribution in [2.75, 3.05) is 25.4 Å². The lowest BCUT2D eigenvalue weighted by Crippen LogP contribution is -2.50. The number of thiophene rings is 1. The summed E-state index contributed by atoms with van der Waals surface area (Å²) in [6.07, 6.45) is 2.09. The molecule has 0 radical (unpaired) electrons. The molecule has 34 heavy (non-hydrogen) atoms. The molecule has 3 aromatic rings. The molecule has 2 fully saturated rings. The molecule has 8 nitrogen and oxygen atoms in total. The Balaban J connectivity index is 1.14. The first-order valence-corrected chi connectivity index (χ1v) is 13.3. The van der Waals surface area contributed by atoms with E-state index < -0.39 is 0 Å². The standard InChI is InChI=1S/C24H27N5O3S2/c1-27-22(20-8-5-13-33-20)25-26-23(27)34-16-21(30)28-11-9-18(10-12-28)29-19(15-32-24(29)31)14-17-6-3-2-4-7-17/h2-8,13,18-19H,9-12,14-16H2,1H3. The summed E-state index contributed by atoms with van der Waals surface area (Å²) in [4.78, 5) is 30.2. The maximum absolute atomic E-state index is 12.9. The van der Waals surface area contributed by atoms with E-state index in [1.807, 2.05) is 57.1 Å². The quantitative estimate of drug-likeness (QED) is 0.463. The van der Waals surface area contributed by atoms with Crippen molar-refractivity contribution < 1.29 is 14.3 Å². The van der Waals surface area contributed by atoms with Gasteiger partial charge in [0.15, 0.2) is 11.0 Å². The van der Waals surface area contributed by atoms with E-state index in [4.69, 9.17) is 4.74 Å². The fourth-order valence-electron chi connectivity index (χ4n) is 4.63. The first-order chi connectivity index (χ1) is 16.6. The number of benzene rings is 1. The van der Waals surface area contributed by atoms with E-state index in [1.54, 1.807) is 11.3 Å². The molecule has 1 atom stereocenters. The lowest BCUT2D eigenvalue weighted by Gasteiger charge is -2.37. The van der Waals surface area contributed by atoms with Gasteiger partial charge in [-0.15, -0.1) is 21.5 Å². The van der Waals surface area contributed by atoms with Crippen molar-refractivity contribution in [3.63, 3.8) is 0 Å². The number of hydrogen-bond acceptors (Lipinski definition) is 7. The molecule has 2 aliphatic heterocycles. The van der Waals surface area contributed by atoms with E-state index in [0.717, 1.165) is 35.1 Å². The molecule has 0 N–H and O–H groups in total. The molecule has 2 amide bonds. The van der Waals surface area contributed by atoms with Crippen LogP contribution in [0.5, 0.6) is 0 Å². The van der Waals surface area contributed by atoms with Crippen LogP contribution in [0.1, 0.15) is 18.4 Å². The molecule has 0 saturated carbocycles. The van der Waals surface area contributed by atoms with Crippen molar-refractivity contribution >= 4 is 35.1 Å². The fourth-order valence-corrected chi connectivity index (χ4v) is 6.19. The molecule has 1 aromatic carbocycles. The van der Waals surface area contributed by atoms with Crippen molar-refractivity contribution in [3.05, 3.63) is 53.4 Å². The summed E-state index contributed by atoms with van der Waals surface area (Å²) < 4.78 is 7.33. The first kappa shape index (κ1) is 22.9. The molecule has 0 bridgehead atoms. The van der Waals surface area contributed by atoms with Crippen LogP contribution in [0.25, 0.3) is 10.7 Å². The number of carbonyl (C=O) groups is 2. The number of amides is 2. The van der Waals surface area contributed by atoms with E-state index >= 15 is 0 Å². The molecule has 1 unspecified atom stereocenters. The summed E-state index contributed by atoms with van der Waals surface area (Å²) in [5, 5.41) is 11.3. The van der Waals surface area contributed by atoms with Gasteiger partial charge in [0.1, 0.15) is 6.61 Å². The molecule has 10 heteroatoms. The number of carbonyl (C=O) groups excluding carboxylic acids is 2. The van der Waals surface area contributed by atoms with Gasteiger partial charge < -0.3 is 14.2 Å². The molecule has 178 valence electrons. The number of likely N-dealkylation sites (tertiary alicyclic amines) is 1. The van der Waals surface area contributed by atoms with Crippen molar-refractivity contribution in [3.8, 4) is 10.7 Å². The van der Waals surface area contributed by atoms with E-state index in [2.05, 4.69) is 22.3 Å². The maximum atomic E-state index is 12.9. The molecule has 0 aliphatic carbocycles. The van der Waals surface area contributed by atoms with Crippen molar-refractivity contribution in [2.24, 2.45) is 7.05 Å². The van der Waals surface area contributed by atoms with Gasteiger partial charge in [-0.2, -0.15) is 0 Å². The summed E-state index contributed by atoms with van der Waals surface area (Å²) in [5.74, 6) is 1.23. The van der Waals surface area contributed by atoms with Gasteiger partial charge in [0.25, 0.3) is 0 Å². The molecule has 2 saturated heterocycles. The van der Waals surface area contributed by atoms with Crippen LogP contribution in [-0.2, 0) is 23.0 Å². The van der Waals surface area contributed by atoms with Crippen LogP contribution < -0.4 is 0 Å². The van der Waals surface area contributed by atoms with Gasteiger partial charge >= 0.3 is 6.09 Å². The topological polar surface area (TPSA) is 80.6 Å². The molecule has 2 aliphatic rings. The van der Waals surface area contributed by atoms with Crippen LogP contribution >= 0.6 is 23.1 Å². The second kappa shape index (κ2) is 10.2. The summed E-state index contributed by atoms with van der Waals surface area (Å²) in [6, 6.07) is 14.3. The van der Waals surface area contributed by atoms with Crippen LogP contribution in [0.15, 0.2) is 53.0 Å². The lowest BCUT2D eigenvalue weighted by atomic mass is 9.99. The highest BCUT2D eigenvalue weighted by molar-refractivity contribution is 7.99. The number of thioether (sulfide) groups is 1. The van der Waals surface area contributed by atoms with Gasteiger partial charge in [0.05, 0.1) is 16.7 Å². The zero-order chi connectivity index (χ0) is 23.5. The van der Waals surface area contributed by atoms with Gasteiger partial charge in [-0.1, -0.05) is 48.2 Å². The molecule has 0 spiro atoms. The van der Waals surface area contributed by atoms with E-state index in [0.29, 0.717) is 25.4 Å². The Hall–Kier alpha value is -2.85. The minimum absolute atomic E-state index is 0.0474. The summed E-state index contributed by atoms with van der Waals surface area (Å²) in [6.45, 7) is 1.71. The Kier molecular flexibility index (Phi) is 6.87. The van der Waals surface area contributed by atoms with E-state index in [9.17, 15) is 9.59 Å². The highest BCUT2D eigenvalue weighted by atomic mass is 32.2. The van der Waals surface area contributed by atoms with Crippen LogP contribution in [0, 0.1) is 0 Å². The number of aromatic nitrogens is 3. The maximum Gasteiger partial charge on any atom is 0.410 e. The lowest BCUT2D eigenvalue weighted by molar-refractivity contribution is -0.129. The molecule has 4 heterocycles. The van der Waals surface area contributed by atoms with E-state index in [-0.39, 0.29) is 24.1 Å². The van der Waals surface area contributed by atoms with Crippen molar-refractivity contribution in [1.29, 1.82) is 0 Å². The van der Waals surface area contributed by atoms with Gasteiger partial charge in [0.2, 0.25) is 5.91 Å². The zero-order valence-corrected chi connectivity index (χ0v) is 20.6. The van der Waals surface area contributed by atoms with Crippen molar-refractivity contribution in [2.45, 2.75) is 36.5 Å². The SMILES string of the molecule is Cn1c(SCC(=O)N2CCC(N3C(=O)OCC3Cc3ccccc3)CC2)nnc1-c1cccs1. The second-order valence-corrected chi connectivity index (χ2v) is 10.5. The predicted molar refractivity (Wildman–Crippen MR) is 132 cm³/mol. The third kappa shape index (κ3) is 4.83. The van der Waals surface area contributed by atoms with Crippen LogP contribution in [0.3, 0.4) is 0 Å². The number of nitrogens with zero attached hydrogens (tertiary/aromatic N) is 5. The number of rotatable bonds is 7. The zero-order valence-electron chi connectivity index (χ0n) is 19.0. The number of cyclic esters (lactones) is 1. The van der Waals surface area contributed by atoms with Gasteiger partial charge in [-0.05, 0) is 36.3 Å². The minimum atomic E-state index is -0.231. The molecular formula is C24H27N5O3S2. The van der Waals surface area contributed by atoms with Gasteiger partial charge in [0, 0.05) is 26.2 Å². The molecule has 5 rings (SSSR count). The summed E-state index contributed by atoms with van der Waals surface area (Å²) >= 11 is 3.03. The van der Waals surface area contributed by atoms with Crippen molar-refractivity contribution in [1.82, 2.24) is 24.6 Å². The Bertz CT molecular complexity index is 1130. The third-order valence-corrected chi connectivity index (χ3v) is 8.30. The summed E-state index contributed by atoms with van der Waals surface area (Å²) in [5.41, 5.74) is 1.20. The van der Waals surface area contributed by atoms with Crippen LogP contribution in [0.4, 0.5) is 4.79 Å². The molecular weight excluding hydrogens is 470 g/mol. The van der Waals surface area contributed by atoms with Gasteiger partial charge in [-0.3, -0.25) is 9.69 Å². The highest BCUT2D eigenvalue weighted by Crippen LogP contribution is 2.28. The average Bonchev–Trinajstić information content (AvgIpc) is 3.59. The van der Waals surface area contributed by atoms with Crippen LogP contribution in [-0.4, -0.2) is 74.1 Å². The Morgan fingerprint density at radius 3 is 2.68 bits per heavy atom. The largest absolute Gasteiger partial charge is 0.447 e. The number of piperidine rings is 1. The van der Waals surface area contributed by atoms with E-state index in [1.165, 1.54) is 17.3 Å². The average molecular weight is 498 g/mol. The summed E-state index contributed by atoms with van der Waals surface area (Å²) in [7, 11) is 1.92. The Morgan fingerprint density at radius 1 is 1.15 bits per heavy atom. The smallest absolute Gasteiger partial charge is 0.410 e. The number of hydrogen-bond donors (Lipinski definition) is 0. The molecule has 2 aromatic heterocycles. The fraction of sp³-hybridized carbons (Fsp3) is 0.417. The van der Waals surface area contributed by atoms with Crippen LogP contribution in [0.2, 0.25) is 0 Å². The monoisotopic (exact) mass is 497 g/mol. The minimum Gasteiger partial charge on any atom is -0.447 e.